The Kier molecular flexibility index (Phi) is 1.61. The lowest BCUT2D eigenvalue weighted by atomic mass is 10.2. The average molecular weight is 211 g/mol. The number of para-hydroxylation sites is 2. The molecular weight excluding hydrogens is 202 g/mol. The topological polar surface area (TPSA) is 47.3 Å². The second-order valence-corrected chi connectivity index (χ2v) is 3.87. The number of ketones is 1. The molecule has 1 aromatic rings. The minimum atomic E-state index is -0.0983. The van der Waals surface area contributed by atoms with Gasteiger partial charge in [-0.15, -0.1) is 0 Å². The van der Waals surface area contributed by atoms with E-state index in [2.05, 4.69) is 0 Å². The Morgan fingerprint density at radius 1 is 1.31 bits per heavy atom. The first kappa shape index (κ1) is 8.98. The lowest BCUT2D eigenvalue weighted by Gasteiger charge is -2.15. The molecule has 0 saturated heterocycles. The van der Waals surface area contributed by atoms with E-state index in [0.717, 1.165) is 11.4 Å². The minimum Gasteiger partial charge on any atom is -0.328 e. The van der Waals surface area contributed by atoms with Crippen molar-refractivity contribution in [1.29, 1.82) is 5.26 Å². The summed E-state index contributed by atoms with van der Waals surface area (Å²) in [4.78, 5) is 15.4. The van der Waals surface area contributed by atoms with Gasteiger partial charge < -0.3 is 9.80 Å². The largest absolute Gasteiger partial charge is 0.328 e. The molecule has 0 bridgehead atoms. The van der Waals surface area contributed by atoms with E-state index in [1.54, 1.807) is 0 Å². The number of carbonyl (C=O) groups excluding carboxylic acids is 1. The minimum absolute atomic E-state index is 0.0983. The van der Waals surface area contributed by atoms with Crippen LogP contribution in [0.4, 0.5) is 11.4 Å². The number of benzene rings is 1. The second kappa shape index (κ2) is 2.86. The van der Waals surface area contributed by atoms with E-state index < -0.39 is 0 Å². The summed E-state index contributed by atoms with van der Waals surface area (Å²) in [6, 6.07) is 9.83. The lowest BCUT2D eigenvalue weighted by Crippen LogP contribution is -2.22. The molecule has 0 aliphatic carbocycles. The molecule has 0 amide bonds. The fraction of sp³-hybridized carbons (Fsp3) is 0.167. The first-order valence-electron chi connectivity index (χ1n) is 5.02. The first-order valence-corrected chi connectivity index (χ1v) is 5.02. The highest BCUT2D eigenvalue weighted by atomic mass is 16.1. The van der Waals surface area contributed by atoms with Crippen LogP contribution in [0.25, 0.3) is 0 Å². The lowest BCUT2D eigenvalue weighted by molar-refractivity contribution is -0.113. The zero-order valence-corrected chi connectivity index (χ0v) is 8.77. The Morgan fingerprint density at radius 3 is 2.69 bits per heavy atom. The van der Waals surface area contributed by atoms with Crippen molar-refractivity contribution in [3.8, 4) is 6.07 Å². The molecule has 2 heterocycles. The third-order valence-corrected chi connectivity index (χ3v) is 3.02. The summed E-state index contributed by atoms with van der Waals surface area (Å²) >= 11 is 0. The number of rotatable bonds is 0. The van der Waals surface area contributed by atoms with Crippen LogP contribution in [0.3, 0.4) is 0 Å². The van der Waals surface area contributed by atoms with Crippen molar-refractivity contribution in [2.24, 2.45) is 0 Å². The van der Waals surface area contributed by atoms with Crippen LogP contribution in [0.2, 0.25) is 0 Å². The Labute approximate surface area is 93.0 Å². The van der Waals surface area contributed by atoms with E-state index in [1.165, 1.54) is 0 Å². The van der Waals surface area contributed by atoms with Crippen molar-refractivity contribution in [1.82, 2.24) is 0 Å². The van der Waals surface area contributed by atoms with Crippen molar-refractivity contribution in [2.45, 2.75) is 0 Å². The predicted octanol–water partition coefficient (Wildman–Crippen LogP) is 1.26. The molecular formula is C12H9N3O. The van der Waals surface area contributed by atoms with Crippen molar-refractivity contribution < 1.29 is 4.79 Å². The van der Waals surface area contributed by atoms with Gasteiger partial charge in [0.05, 0.1) is 17.9 Å². The molecule has 2 aliphatic heterocycles. The van der Waals surface area contributed by atoms with E-state index in [0.29, 0.717) is 5.82 Å². The molecule has 0 saturated carbocycles. The molecule has 1 aromatic carbocycles. The third-order valence-electron chi connectivity index (χ3n) is 3.02. The number of hydrogen-bond acceptors (Lipinski definition) is 4. The molecule has 0 unspecified atom stereocenters. The second-order valence-electron chi connectivity index (χ2n) is 3.87. The monoisotopic (exact) mass is 211 g/mol. The standard InChI is InChI=1S/C12H9N3O/c1-14-9-4-2-3-5-10(9)15-7-11(16)8(6-13)12(14)15/h2-5H,7H2,1H3. The SMILES string of the molecule is CN1C2=C(C#N)C(=O)CN2c2ccccc21. The number of nitriles is 1. The third kappa shape index (κ3) is 0.898. The van der Waals surface area contributed by atoms with Crippen LogP contribution in [0.15, 0.2) is 35.7 Å². The van der Waals surface area contributed by atoms with Crippen LogP contribution in [-0.2, 0) is 4.79 Å². The summed E-state index contributed by atoms with van der Waals surface area (Å²) < 4.78 is 0. The Morgan fingerprint density at radius 2 is 2.00 bits per heavy atom. The summed E-state index contributed by atoms with van der Waals surface area (Å²) in [5, 5.41) is 9.00. The van der Waals surface area contributed by atoms with Gasteiger partial charge in [-0.05, 0) is 12.1 Å². The molecule has 78 valence electrons. The molecule has 16 heavy (non-hydrogen) atoms. The number of anilines is 2. The van der Waals surface area contributed by atoms with Gasteiger partial charge in [-0.2, -0.15) is 5.26 Å². The number of nitrogens with zero attached hydrogens (tertiary/aromatic N) is 3. The van der Waals surface area contributed by atoms with Gasteiger partial charge in [0.1, 0.15) is 17.5 Å². The first-order chi connectivity index (χ1) is 7.74. The van der Waals surface area contributed by atoms with Gasteiger partial charge in [-0.25, -0.2) is 0 Å². The van der Waals surface area contributed by atoms with Gasteiger partial charge >= 0.3 is 0 Å². The van der Waals surface area contributed by atoms with Crippen LogP contribution in [0.1, 0.15) is 0 Å². The Bertz CT molecular complexity index is 568. The molecule has 4 heteroatoms. The zero-order chi connectivity index (χ0) is 11.3. The molecule has 0 radical (unpaired) electrons. The molecule has 0 fully saturated rings. The van der Waals surface area contributed by atoms with Crippen molar-refractivity contribution in [3.63, 3.8) is 0 Å². The number of Topliss-reactive ketones (excluding diaryl/α,β-unsaturated/α-hetero) is 1. The molecule has 0 spiro atoms. The fourth-order valence-corrected chi connectivity index (χ4v) is 2.31. The Balaban J connectivity index is 2.25. The maximum absolute atomic E-state index is 11.6. The fourth-order valence-electron chi connectivity index (χ4n) is 2.31. The quantitative estimate of drug-likeness (QED) is 0.648. The average Bonchev–Trinajstić information content (AvgIpc) is 2.76. The van der Waals surface area contributed by atoms with Crippen LogP contribution >= 0.6 is 0 Å². The van der Waals surface area contributed by atoms with Crippen LogP contribution in [0.5, 0.6) is 0 Å². The van der Waals surface area contributed by atoms with Crippen LogP contribution in [-0.4, -0.2) is 19.4 Å². The maximum Gasteiger partial charge on any atom is 0.196 e. The molecule has 2 aliphatic rings. The highest BCUT2D eigenvalue weighted by molar-refractivity contribution is 6.10. The van der Waals surface area contributed by atoms with Gasteiger partial charge in [0.2, 0.25) is 0 Å². The van der Waals surface area contributed by atoms with E-state index in [-0.39, 0.29) is 17.9 Å². The van der Waals surface area contributed by atoms with Crippen molar-refractivity contribution in [3.05, 3.63) is 35.7 Å². The molecule has 4 nitrogen and oxygen atoms in total. The summed E-state index contributed by atoms with van der Waals surface area (Å²) in [5.41, 5.74) is 2.30. The maximum atomic E-state index is 11.6. The Hall–Kier alpha value is -2.28. The van der Waals surface area contributed by atoms with Gasteiger partial charge in [-0.1, -0.05) is 12.1 Å². The molecule has 3 rings (SSSR count). The summed E-state index contributed by atoms with van der Waals surface area (Å²) in [7, 11) is 1.88. The molecule has 0 N–H and O–H groups in total. The van der Waals surface area contributed by atoms with Crippen molar-refractivity contribution >= 4 is 17.2 Å². The summed E-state index contributed by atoms with van der Waals surface area (Å²) in [6.07, 6.45) is 0. The van der Waals surface area contributed by atoms with Gasteiger partial charge in [0.25, 0.3) is 0 Å². The van der Waals surface area contributed by atoms with Gasteiger partial charge in [0.15, 0.2) is 5.78 Å². The van der Waals surface area contributed by atoms with Crippen molar-refractivity contribution in [2.75, 3.05) is 23.4 Å². The smallest absolute Gasteiger partial charge is 0.196 e. The van der Waals surface area contributed by atoms with E-state index >= 15 is 0 Å². The van der Waals surface area contributed by atoms with E-state index in [1.807, 2.05) is 47.2 Å². The predicted molar refractivity (Wildman–Crippen MR) is 59.8 cm³/mol. The summed E-state index contributed by atoms with van der Waals surface area (Å²) in [6.45, 7) is 0.277. The summed E-state index contributed by atoms with van der Waals surface area (Å²) in [5.74, 6) is 0.618. The zero-order valence-electron chi connectivity index (χ0n) is 8.77. The van der Waals surface area contributed by atoms with Gasteiger partial charge in [0, 0.05) is 7.05 Å². The number of fused-ring (bicyclic) bond motifs is 3. The molecule has 0 atom stereocenters. The highest BCUT2D eigenvalue weighted by Gasteiger charge is 2.39. The molecule has 0 aromatic heterocycles. The van der Waals surface area contributed by atoms with Gasteiger partial charge in [-0.3, -0.25) is 4.79 Å². The van der Waals surface area contributed by atoms with Crippen LogP contribution < -0.4 is 9.80 Å². The van der Waals surface area contributed by atoms with E-state index in [9.17, 15) is 4.79 Å². The number of hydrogen-bond donors (Lipinski definition) is 0. The normalized spacial score (nSPS) is 17.6. The number of carbonyl (C=O) groups is 1. The van der Waals surface area contributed by atoms with Crippen LogP contribution in [0, 0.1) is 11.3 Å². The highest BCUT2D eigenvalue weighted by Crippen LogP contribution is 2.43. The van der Waals surface area contributed by atoms with E-state index in [4.69, 9.17) is 5.26 Å².